The van der Waals surface area contributed by atoms with E-state index in [0.717, 1.165) is 18.5 Å². The molecule has 0 aliphatic heterocycles. The number of aliphatic imine (C=N–C) groups is 1. The summed E-state index contributed by atoms with van der Waals surface area (Å²) in [5.41, 5.74) is 10.6. The number of nitrogens with two attached hydrogens (primary N) is 1. The van der Waals surface area contributed by atoms with Crippen LogP contribution in [0.15, 0.2) is 47.6 Å². The maximum absolute atomic E-state index is 6.02. The van der Waals surface area contributed by atoms with Gasteiger partial charge in [0.25, 0.3) is 0 Å². The number of fused-ring (bicyclic) bond motifs is 1. The number of hydrogen-bond donors (Lipinski definition) is 3. The lowest BCUT2D eigenvalue weighted by Crippen LogP contribution is -2.23. The van der Waals surface area contributed by atoms with E-state index in [4.69, 9.17) is 15.2 Å². The average Bonchev–Trinajstić information content (AvgIpc) is 3.11. The Labute approximate surface area is 159 Å². The SMILES string of the molecule is CCc1cccc2c(CCN=C(N)Nc3ccc(OC)c(OC)c3)c[nH]c12. The summed E-state index contributed by atoms with van der Waals surface area (Å²) in [4.78, 5) is 7.83. The molecule has 142 valence electrons. The number of anilines is 1. The Morgan fingerprint density at radius 1 is 1.11 bits per heavy atom. The van der Waals surface area contributed by atoms with E-state index < -0.39 is 0 Å². The van der Waals surface area contributed by atoms with Gasteiger partial charge in [-0.05, 0) is 36.1 Å². The number of H-pyrrole nitrogens is 1. The highest BCUT2D eigenvalue weighted by Crippen LogP contribution is 2.29. The van der Waals surface area contributed by atoms with Crippen molar-refractivity contribution >= 4 is 22.5 Å². The molecule has 0 aliphatic carbocycles. The molecule has 3 rings (SSSR count). The van der Waals surface area contributed by atoms with E-state index >= 15 is 0 Å². The molecule has 0 amide bonds. The molecule has 0 radical (unpaired) electrons. The standard InChI is InChI=1S/C21H26N4O2/c1-4-14-6-5-7-17-15(13-24-20(14)17)10-11-23-21(22)25-16-8-9-18(26-2)19(12-16)27-3/h5-9,12-13,24H,4,10-11H2,1-3H3,(H3,22,23,25). The van der Waals surface area contributed by atoms with E-state index in [9.17, 15) is 0 Å². The maximum Gasteiger partial charge on any atom is 0.193 e. The van der Waals surface area contributed by atoms with Crippen LogP contribution in [0.5, 0.6) is 11.5 Å². The van der Waals surface area contributed by atoms with Crippen molar-refractivity contribution in [3.63, 3.8) is 0 Å². The van der Waals surface area contributed by atoms with Crippen molar-refractivity contribution in [2.24, 2.45) is 10.7 Å². The van der Waals surface area contributed by atoms with Gasteiger partial charge in [0.1, 0.15) is 0 Å². The Balaban J connectivity index is 1.65. The molecule has 0 unspecified atom stereocenters. The van der Waals surface area contributed by atoms with Crippen LogP contribution in [0.3, 0.4) is 0 Å². The molecule has 0 fully saturated rings. The van der Waals surface area contributed by atoms with Crippen molar-refractivity contribution in [2.45, 2.75) is 19.8 Å². The van der Waals surface area contributed by atoms with Gasteiger partial charge in [0, 0.05) is 35.4 Å². The molecule has 27 heavy (non-hydrogen) atoms. The minimum absolute atomic E-state index is 0.372. The molecule has 4 N–H and O–H groups in total. The Hall–Kier alpha value is -3.15. The molecular formula is C21H26N4O2. The van der Waals surface area contributed by atoms with Crippen molar-refractivity contribution in [3.05, 3.63) is 53.7 Å². The molecule has 6 heteroatoms. The van der Waals surface area contributed by atoms with Gasteiger partial charge < -0.3 is 25.5 Å². The molecule has 6 nitrogen and oxygen atoms in total. The normalized spacial score (nSPS) is 11.6. The summed E-state index contributed by atoms with van der Waals surface area (Å²) in [6.07, 6.45) is 3.90. The van der Waals surface area contributed by atoms with Gasteiger partial charge in [-0.2, -0.15) is 0 Å². The van der Waals surface area contributed by atoms with Gasteiger partial charge in [-0.25, -0.2) is 0 Å². The number of methoxy groups -OCH3 is 2. The minimum atomic E-state index is 0.372. The summed E-state index contributed by atoms with van der Waals surface area (Å²) in [5, 5.41) is 4.35. The smallest absolute Gasteiger partial charge is 0.193 e. The maximum atomic E-state index is 6.02. The van der Waals surface area contributed by atoms with E-state index in [0.29, 0.717) is 24.0 Å². The highest BCUT2D eigenvalue weighted by molar-refractivity contribution is 5.92. The predicted molar refractivity (Wildman–Crippen MR) is 111 cm³/mol. The molecule has 1 aromatic heterocycles. The fourth-order valence-corrected chi connectivity index (χ4v) is 3.17. The van der Waals surface area contributed by atoms with Crippen LogP contribution in [0.2, 0.25) is 0 Å². The van der Waals surface area contributed by atoms with E-state index in [1.807, 2.05) is 18.2 Å². The molecular weight excluding hydrogens is 340 g/mol. The van der Waals surface area contributed by atoms with E-state index in [-0.39, 0.29) is 0 Å². The monoisotopic (exact) mass is 366 g/mol. The quantitative estimate of drug-likeness (QED) is 0.439. The first-order valence-electron chi connectivity index (χ1n) is 9.03. The van der Waals surface area contributed by atoms with Crippen LogP contribution in [0, 0.1) is 0 Å². The molecule has 2 aromatic carbocycles. The highest BCUT2D eigenvalue weighted by atomic mass is 16.5. The summed E-state index contributed by atoms with van der Waals surface area (Å²) in [5.74, 6) is 1.68. The summed E-state index contributed by atoms with van der Waals surface area (Å²) in [6.45, 7) is 2.77. The lowest BCUT2D eigenvalue weighted by Gasteiger charge is -2.10. The van der Waals surface area contributed by atoms with Crippen molar-refractivity contribution < 1.29 is 9.47 Å². The van der Waals surface area contributed by atoms with Crippen LogP contribution in [0.1, 0.15) is 18.1 Å². The number of para-hydroxylation sites is 1. The van der Waals surface area contributed by atoms with Gasteiger partial charge in [-0.3, -0.25) is 4.99 Å². The van der Waals surface area contributed by atoms with Gasteiger partial charge in [-0.15, -0.1) is 0 Å². The lowest BCUT2D eigenvalue weighted by atomic mass is 10.1. The number of aromatic nitrogens is 1. The molecule has 0 atom stereocenters. The van der Waals surface area contributed by atoms with Crippen molar-refractivity contribution in [2.75, 3.05) is 26.1 Å². The topological polar surface area (TPSA) is 84.7 Å². The largest absolute Gasteiger partial charge is 0.493 e. The summed E-state index contributed by atoms with van der Waals surface area (Å²) in [7, 11) is 3.21. The third-order valence-corrected chi connectivity index (χ3v) is 4.59. The average molecular weight is 366 g/mol. The fraction of sp³-hybridized carbons (Fsp3) is 0.286. The van der Waals surface area contributed by atoms with Crippen molar-refractivity contribution in [3.8, 4) is 11.5 Å². The summed E-state index contributed by atoms with van der Waals surface area (Å²) < 4.78 is 10.5. The summed E-state index contributed by atoms with van der Waals surface area (Å²) >= 11 is 0. The number of rotatable bonds is 7. The molecule has 3 aromatic rings. The number of nitrogens with one attached hydrogen (secondary N) is 2. The second kappa shape index (κ2) is 8.49. The number of aromatic amines is 1. The van der Waals surface area contributed by atoms with Crippen LogP contribution in [-0.2, 0) is 12.8 Å². The van der Waals surface area contributed by atoms with Gasteiger partial charge in [0.2, 0.25) is 0 Å². The van der Waals surface area contributed by atoms with Crippen LogP contribution in [-0.4, -0.2) is 31.7 Å². The number of guanidine groups is 1. The Bertz CT molecular complexity index is 947. The van der Waals surface area contributed by atoms with E-state index in [1.165, 1.54) is 22.0 Å². The molecule has 0 bridgehead atoms. The zero-order valence-corrected chi connectivity index (χ0v) is 16.0. The zero-order valence-electron chi connectivity index (χ0n) is 16.0. The van der Waals surface area contributed by atoms with Gasteiger partial charge in [0.05, 0.1) is 14.2 Å². The second-order valence-electron chi connectivity index (χ2n) is 6.22. The number of ether oxygens (including phenoxy) is 2. The third kappa shape index (κ3) is 4.16. The van der Waals surface area contributed by atoms with Gasteiger partial charge >= 0.3 is 0 Å². The Morgan fingerprint density at radius 2 is 1.93 bits per heavy atom. The number of benzene rings is 2. The van der Waals surface area contributed by atoms with Crippen LogP contribution < -0.4 is 20.5 Å². The number of nitrogens with zero attached hydrogens (tertiary/aromatic N) is 1. The highest BCUT2D eigenvalue weighted by Gasteiger charge is 2.07. The Kier molecular flexibility index (Phi) is 5.86. The first-order chi connectivity index (χ1) is 13.2. The number of aryl methyl sites for hydroxylation is 1. The van der Waals surface area contributed by atoms with Crippen molar-refractivity contribution in [1.82, 2.24) is 4.98 Å². The number of hydrogen-bond acceptors (Lipinski definition) is 3. The van der Waals surface area contributed by atoms with Gasteiger partial charge in [-0.1, -0.05) is 25.1 Å². The fourth-order valence-electron chi connectivity index (χ4n) is 3.17. The van der Waals surface area contributed by atoms with Crippen LogP contribution in [0.25, 0.3) is 10.9 Å². The molecule has 0 saturated heterocycles. The molecule has 0 aliphatic rings. The third-order valence-electron chi connectivity index (χ3n) is 4.59. The predicted octanol–water partition coefficient (Wildman–Crippen LogP) is 3.72. The minimum Gasteiger partial charge on any atom is -0.493 e. The van der Waals surface area contributed by atoms with Crippen LogP contribution >= 0.6 is 0 Å². The van der Waals surface area contributed by atoms with Crippen LogP contribution in [0.4, 0.5) is 5.69 Å². The molecule has 1 heterocycles. The van der Waals surface area contributed by atoms with E-state index in [1.54, 1.807) is 14.2 Å². The Morgan fingerprint density at radius 3 is 2.67 bits per heavy atom. The molecule has 0 spiro atoms. The first kappa shape index (κ1) is 18.6. The second-order valence-corrected chi connectivity index (χ2v) is 6.22. The zero-order chi connectivity index (χ0) is 19.2. The van der Waals surface area contributed by atoms with Gasteiger partial charge in [0.15, 0.2) is 17.5 Å². The summed E-state index contributed by atoms with van der Waals surface area (Å²) in [6, 6.07) is 11.9. The van der Waals surface area contributed by atoms with Crippen molar-refractivity contribution in [1.29, 1.82) is 0 Å². The first-order valence-corrected chi connectivity index (χ1v) is 9.03. The molecule has 0 saturated carbocycles. The lowest BCUT2D eigenvalue weighted by molar-refractivity contribution is 0.355. The van der Waals surface area contributed by atoms with E-state index in [2.05, 4.69) is 46.6 Å².